The highest BCUT2D eigenvalue weighted by atomic mass is 16.7. The van der Waals surface area contributed by atoms with Gasteiger partial charge in [-0.1, -0.05) is 25.3 Å². The van der Waals surface area contributed by atoms with Gasteiger partial charge in [0.2, 0.25) is 0 Å². The molecule has 0 amide bonds. The van der Waals surface area contributed by atoms with E-state index in [1.54, 1.807) is 0 Å². The van der Waals surface area contributed by atoms with Gasteiger partial charge in [-0.25, -0.2) is 4.79 Å². The van der Waals surface area contributed by atoms with Crippen LogP contribution in [-0.4, -0.2) is 88.0 Å². The molecule has 4 N–H and O–H groups in total. The number of aliphatic hydroxyl groups excluding tert-OH is 4. The van der Waals surface area contributed by atoms with Crippen LogP contribution in [0.15, 0.2) is 36.5 Å². The summed E-state index contributed by atoms with van der Waals surface area (Å²) in [5, 5.41) is 39.8. The number of esters is 2. The molecule has 11 unspecified atom stereocenters. The Morgan fingerprint density at radius 2 is 1.82 bits per heavy atom. The minimum atomic E-state index is -1.57. The van der Waals surface area contributed by atoms with Crippen LogP contribution < -0.4 is 0 Å². The molecule has 11 atom stereocenters. The van der Waals surface area contributed by atoms with Gasteiger partial charge >= 0.3 is 11.9 Å². The van der Waals surface area contributed by atoms with Gasteiger partial charge in [0.15, 0.2) is 6.29 Å². The van der Waals surface area contributed by atoms with E-state index in [9.17, 15) is 30.0 Å². The molecule has 0 aromatic carbocycles. The van der Waals surface area contributed by atoms with E-state index in [0.29, 0.717) is 18.4 Å². The predicted molar refractivity (Wildman–Crippen MR) is 111 cm³/mol. The molecule has 0 aromatic heterocycles. The maximum Gasteiger partial charge on any atom is 0.334 e. The van der Waals surface area contributed by atoms with Gasteiger partial charge in [-0.05, 0) is 17.9 Å². The standard InChI is InChI=1S/C23H30O10/c1-8-5-14(30-11(4)25)17-10(3)22(29)33-21(17)16-9(2)13(6-12(8)16)31-23-20(28)19(27)18(26)15(7-24)32-23/h12-21,23-24,26-28H,1-3,5-7H2,4H3. The molecule has 33 heavy (non-hydrogen) atoms. The number of hydrogen-bond donors (Lipinski definition) is 4. The highest BCUT2D eigenvalue weighted by Gasteiger charge is 2.57. The Hall–Kier alpha value is -2.08. The summed E-state index contributed by atoms with van der Waals surface area (Å²) in [4.78, 5) is 24.0. The van der Waals surface area contributed by atoms with Crippen molar-refractivity contribution in [1.29, 1.82) is 0 Å². The van der Waals surface area contributed by atoms with E-state index >= 15 is 0 Å². The third-order valence-electron chi connectivity index (χ3n) is 7.21. The number of aliphatic hydroxyl groups is 4. The van der Waals surface area contributed by atoms with Crippen molar-refractivity contribution < 1.29 is 49.0 Å². The monoisotopic (exact) mass is 466 g/mol. The van der Waals surface area contributed by atoms with Gasteiger partial charge in [0, 0.05) is 24.8 Å². The minimum absolute atomic E-state index is 0.209. The molecule has 10 nitrogen and oxygen atoms in total. The largest absolute Gasteiger partial charge is 0.461 e. The van der Waals surface area contributed by atoms with Crippen LogP contribution in [0.2, 0.25) is 0 Å². The summed E-state index contributed by atoms with van der Waals surface area (Å²) in [7, 11) is 0. The van der Waals surface area contributed by atoms with Crippen LogP contribution in [0.25, 0.3) is 0 Å². The fourth-order valence-corrected chi connectivity index (χ4v) is 5.55. The SMILES string of the molecule is C=C1CC(OC(C)=O)C2C(=C)C(=O)OC2C2C(=C)C(OC3OC(CO)C(O)C(O)C3O)CC12. The lowest BCUT2D eigenvalue weighted by atomic mass is 9.81. The Morgan fingerprint density at radius 1 is 1.12 bits per heavy atom. The Morgan fingerprint density at radius 3 is 2.45 bits per heavy atom. The van der Waals surface area contributed by atoms with E-state index in [1.165, 1.54) is 6.92 Å². The normalized spacial score (nSPS) is 45.3. The average molecular weight is 466 g/mol. The van der Waals surface area contributed by atoms with Crippen LogP contribution in [0, 0.1) is 17.8 Å². The smallest absolute Gasteiger partial charge is 0.334 e. The van der Waals surface area contributed by atoms with Crippen LogP contribution in [0.5, 0.6) is 0 Å². The molecule has 0 spiro atoms. The maximum atomic E-state index is 12.4. The van der Waals surface area contributed by atoms with E-state index in [4.69, 9.17) is 18.9 Å². The molecular weight excluding hydrogens is 436 g/mol. The third-order valence-corrected chi connectivity index (χ3v) is 7.21. The van der Waals surface area contributed by atoms with Crippen LogP contribution in [0.3, 0.4) is 0 Å². The summed E-state index contributed by atoms with van der Waals surface area (Å²) in [6, 6.07) is 0. The quantitative estimate of drug-likeness (QED) is 0.239. The lowest BCUT2D eigenvalue weighted by molar-refractivity contribution is -0.308. The Labute approximate surface area is 191 Å². The first-order valence-corrected chi connectivity index (χ1v) is 10.9. The summed E-state index contributed by atoms with van der Waals surface area (Å²) >= 11 is 0. The maximum absolute atomic E-state index is 12.4. The van der Waals surface area contributed by atoms with Crippen molar-refractivity contribution in [1.82, 2.24) is 0 Å². The topological polar surface area (TPSA) is 152 Å². The fourth-order valence-electron chi connectivity index (χ4n) is 5.55. The van der Waals surface area contributed by atoms with Gasteiger partial charge < -0.3 is 39.4 Å². The molecule has 0 aromatic rings. The van der Waals surface area contributed by atoms with Crippen molar-refractivity contribution in [2.45, 2.75) is 68.8 Å². The molecule has 2 heterocycles. The van der Waals surface area contributed by atoms with Gasteiger partial charge in [0.25, 0.3) is 0 Å². The molecular formula is C23H30O10. The van der Waals surface area contributed by atoms with Gasteiger partial charge in [0.05, 0.1) is 18.6 Å². The Balaban J connectivity index is 1.58. The summed E-state index contributed by atoms with van der Waals surface area (Å²) in [5.74, 6) is -2.19. The molecule has 4 fully saturated rings. The fraction of sp³-hybridized carbons (Fsp3) is 0.652. The first kappa shape index (κ1) is 24.1. The van der Waals surface area contributed by atoms with E-state index in [2.05, 4.69) is 19.7 Å². The summed E-state index contributed by atoms with van der Waals surface area (Å²) in [6.45, 7) is 12.9. The highest BCUT2D eigenvalue weighted by molar-refractivity contribution is 5.91. The second kappa shape index (κ2) is 8.94. The highest BCUT2D eigenvalue weighted by Crippen LogP contribution is 2.53. The Kier molecular flexibility index (Phi) is 6.51. The van der Waals surface area contributed by atoms with E-state index in [1.807, 2.05) is 0 Å². The molecule has 0 radical (unpaired) electrons. The average Bonchev–Trinajstić information content (AvgIpc) is 3.19. The van der Waals surface area contributed by atoms with Crippen LogP contribution in [0.1, 0.15) is 19.8 Å². The van der Waals surface area contributed by atoms with Crippen molar-refractivity contribution in [3.05, 3.63) is 36.5 Å². The van der Waals surface area contributed by atoms with Crippen LogP contribution in [-0.2, 0) is 28.5 Å². The number of carbonyl (C=O) groups excluding carboxylic acids is 2. The predicted octanol–water partition coefficient (Wildman–Crippen LogP) is -0.647. The lowest BCUT2D eigenvalue weighted by Crippen LogP contribution is -2.59. The zero-order valence-corrected chi connectivity index (χ0v) is 18.3. The molecule has 2 aliphatic carbocycles. The number of rotatable bonds is 4. The first-order chi connectivity index (χ1) is 15.5. The molecule has 4 rings (SSSR count). The van der Waals surface area contributed by atoms with E-state index in [-0.39, 0.29) is 17.4 Å². The number of fused-ring (bicyclic) bond motifs is 3. The van der Waals surface area contributed by atoms with Crippen molar-refractivity contribution >= 4 is 11.9 Å². The van der Waals surface area contributed by atoms with Crippen LogP contribution in [0.4, 0.5) is 0 Å². The van der Waals surface area contributed by atoms with Crippen molar-refractivity contribution in [2.75, 3.05) is 6.61 Å². The minimum Gasteiger partial charge on any atom is -0.461 e. The number of hydrogen-bond acceptors (Lipinski definition) is 10. The third kappa shape index (κ3) is 4.05. The van der Waals surface area contributed by atoms with Crippen molar-refractivity contribution in [3.63, 3.8) is 0 Å². The van der Waals surface area contributed by atoms with Gasteiger partial charge in [-0.2, -0.15) is 0 Å². The van der Waals surface area contributed by atoms with Crippen LogP contribution >= 0.6 is 0 Å². The number of carbonyl (C=O) groups is 2. The summed E-state index contributed by atoms with van der Waals surface area (Å²) in [6.07, 6.45) is -8.27. The Bertz CT molecular complexity index is 865. The van der Waals surface area contributed by atoms with E-state index < -0.39 is 73.5 Å². The molecule has 2 saturated heterocycles. The van der Waals surface area contributed by atoms with Gasteiger partial charge in [0.1, 0.15) is 36.6 Å². The molecule has 4 aliphatic rings. The second-order valence-electron chi connectivity index (χ2n) is 9.20. The van der Waals surface area contributed by atoms with Gasteiger partial charge in [-0.3, -0.25) is 4.79 Å². The molecule has 10 heteroatoms. The first-order valence-electron chi connectivity index (χ1n) is 10.9. The molecule has 182 valence electrons. The summed E-state index contributed by atoms with van der Waals surface area (Å²) in [5.41, 5.74) is 1.59. The zero-order valence-electron chi connectivity index (χ0n) is 18.3. The van der Waals surface area contributed by atoms with Crippen molar-refractivity contribution in [2.24, 2.45) is 17.8 Å². The molecule has 2 aliphatic heterocycles. The van der Waals surface area contributed by atoms with E-state index in [0.717, 1.165) is 5.57 Å². The van der Waals surface area contributed by atoms with Gasteiger partial charge in [-0.15, -0.1) is 0 Å². The van der Waals surface area contributed by atoms with Crippen molar-refractivity contribution in [3.8, 4) is 0 Å². The number of ether oxygens (including phenoxy) is 4. The second-order valence-corrected chi connectivity index (χ2v) is 9.20. The lowest BCUT2D eigenvalue weighted by Gasteiger charge is -2.40. The zero-order chi connectivity index (χ0) is 24.2. The molecule has 0 bridgehead atoms. The summed E-state index contributed by atoms with van der Waals surface area (Å²) < 4.78 is 22.6. The molecule has 2 saturated carbocycles.